The Morgan fingerprint density at radius 2 is 1.83 bits per heavy atom. The minimum atomic E-state index is 0.748. The average Bonchev–Trinajstić information content (AvgIpc) is 2.62. The number of hydrogen-bond donors (Lipinski definition) is 0. The lowest BCUT2D eigenvalue weighted by atomic mass is 9.92. The summed E-state index contributed by atoms with van der Waals surface area (Å²) < 4.78 is 0. The van der Waals surface area contributed by atoms with Crippen LogP contribution in [0.25, 0.3) is 0 Å². The molecule has 2 aliphatic carbocycles. The summed E-state index contributed by atoms with van der Waals surface area (Å²) in [6.45, 7) is 0. The standard InChI is InChI=1S/C11H11Br/c12-11-6-7-5-10(11)9-4-2-1-3-8(7)9/h1-4,7,10-11H,5-6H2/t7-,10-,11-/m0/s1. The Labute approximate surface area is 81.1 Å². The van der Waals surface area contributed by atoms with Crippen molar-refractivity contribution in [3.05, 3.63) is 35.4 Å². The molecule has 0 N–H and O–H groups in total. The molecule has 12 heavy (non-hydrogen) atoms. The first-order valence-electron chi connectivity index (χ1n) is 4.59. The first-order chi connectivity index (χ1) is 5.86. The van der Waals surface area contributed by atoms with E-state index in [9.17, 15) is 0 Å². The van der Waals surface area contributed by atoms with Gasteiger partial charge in [-0.3, -0.25) is 0 Å². The lowest BCUT2D eigenvalue weighted by molar-refractivity contribution is 0.741. The van der Waals surface area contributed by atoms with Crippen LogP contribution < -0.4 is 0 Å². The van der Waals surface area contributed by atoms with Gasteiger partial charge in [0.15, 0.2) is 0 Å². The fourth-order valence-corrected chi connectivity index (χ4v) is 3.73. The number of halogens is 1. The van der Waals surface area contributed by atoms with Crippen molar-refractivity contribution in [1.29, 1.82) is 0 Å². The van der Waals surface area contributed by atoms with E-state index in [0.717, 1.165) is 16.7 Å². The predicted octanol–water partition coefficient (Wildman–Crippen LogP) is 3.42. The summed E-state index contributed by atoms with van der Waals surface area (Å²) in [5, 5.41) is 0. The van der Waals surface area contributed by atoms with Gasteiger partial charge in [-0.1, -0.05) is 40.2 Å². The SMILES string of the molecule is Br[C@H]1C[C@@H]2C[C@H]1c1ccccc12. The van der Waals surface area contributed by atoms with E-state index in [2.05, 4.69) is 40.2 Å². The van der Waals surface area contributed by atoms with Crippen LogP contribution in [0.1, 0.15) is 35.8 Å². The maximum Gasteiger partial charge on any atom is 0.0220 e. The Morgan fingerprint density at radius 1 is 1.08 bits per heavy atom. The molecule has 0 nitrogen and oxygen atoms in total. The molecule has 1 saturated carbocycles. The zero-order valence-electron chi connectivity index (χ0n) is 6.83. The molecule has 0 spiro atoms. The molecular weight excluding hydrogens is 212 g/mol. The second-order valence-corrected chi connectivity index (χ2v) is 5.10. The first-order valence-corrected chi connectivity index (χ1v) is 5.50. The van der Waals surface area contributed by atoms with Crippen molar-refractivity contribution in [2.45, 2.75) is 29.5 Å². The van der Waals surface area contributed by atoms with Crippen LogP contribution in [-0.2, 0) is 0 Å². The molecule has 2 bridgehead atoms. The maximum atomic E-state index is 3.77. The van der Waals surface area contributed by atoms with E-state index in [-0.39, 0.29) is 0 Å². The summed E-state index contributed by atoms with van der Waals surface area (Å²) in [5.74, 6) is 1.67. The molecule has 1 fully saturated rings. The Balaban J connectivity index is 2.17. The molecule has 0 aromatic heterocycles. The van der Waals surface area contributed by atoms with Crippen LogP contribution in [0.4, 0.5) is 0 Å². The highest BCUT2D eigenvalue weighted by Crippen LogP contribution is 2.55. The Morgan fingerprint density at radius 3 is 2.67 bits per heavy atom. The van der Waals surface area contributed by atoms with Gasteiger partial charge in [-0.25, -0.2) is 0 Å². The first kappa shape index (κ1) is 7.14. The molecular formula is C11H11Br. The molecule has 0 unspecified atom stereocenters. The minimum absolute atomic E-state index is 0.748. The number of hydrogen-bond acceptors (Lipinski definition) is 0. The van der Waals surface area contributed by atoms with Crippen LogP contribution in [0.3, 0.4) is 0 Å². The van der Waals surface area contributed by atoms with Gasteiger partial charge in [-0.05, 0) is 35.8 Å². The van der Waals surface area contributed by atoms with Gasteiger partial charge in [-0.15, -0.1) is 0 Å². The van der Waals surface area contributed by atoms with Crippen LogP contribution in [0.5, 0.6) is 0 Å². The van der Waals surface area contributed by atoms with E-state index < -0.39 is 0 Å². The summed E-state index contributed by atoms with van der Waals surface area (Å²) in [4.78, 5) is 0.748. The molecule has 0 aliphatic heterocycles. The highest BCUT2D eigenvalue weighted by molar-refractivity contribution is 9.09. The summed E-state index contributed by atoms with van der Waals surface area (Å²) >= 11 is 3.77. The quantitative estimate of drug-likeness (QED) is 0.591. The second kappa shape index (κ2) is 2.35. The lowest BCUT2D eigenvalue weighted by Gasteiger charge is -2.19. The smallest absolute Gasteiger partial charge is 0.0220 e. The van der Waals surface area contributed by atoms with E-state index >= 15 is 0 Å². The van der Waals surface area contributed by atoms with Gasteiger partial charge in [-0.2, -0.15) is 0 Å². The van der Waals surface area contributed by atoms with Crippen molar-refractivity contribution in [2.75, 3.05) is 0 Å². The lowest BCUT2D eigenvalue weighted by Crippen LogP contribution is -2.08. The van der Waals surface area contributed by atoms with Crippen molar-refractivity contribution in [3.63, 3.8) is 0 Å². The fraction of sp³-hybridized carbons (Fsp3) is 0.455. The summed E-state index contributed by atoms with van der Waals surface area (Å²) in [7, 11) is 0. The molecule has 3 atom stereocenters. The molecule has 62 valence electrons. The molecule has 0 amide bonds. The molecule has 1 aromatic carbocycles. The van der Waals surface area contributed by atoms with Gasteiger partial charge < -0.3 is 0 Å². The van der Waals surface area contributed by atoms with Gasteiger partial charge >= 0.3 is 0 Å². The third kappa shape index (κ3) is 0.779. The van der Waals surface area contributed by atoms with Crippen molar-refractivity contribution < 1.29 is 0 Å². The normalized spacial score (nSPS) is 36.9. The Kier molecular flexibility index (Phi) is 1.40. The monoisotopic (exact) mass is 222 g/mol. The molecule has 1 heteroatoms. The zero-order chi connectivity index (χ0) is 8.13. The zero-order valence-corrected chi connectivity index (χ0v) is 8.42. The van der Waals surface area contributed by atoms with E-state index in [1.165, 1.54) is 12.8 Å². The van der Waals surface area contributed by atoms with Crippen molar-refractivity contribution in [3.8, 4) is 0 Å². The van der Waals surface area contributed by atoms with Gasteiger partial charge in [0, 0.05) is 4.83 Å². The van der Waals surface area contributed by atoms with Gasteiger partial charge in [0.25, 0.3) is 0 Å². The molecule has 3 rings (SSSR count). The fourth-order valence-electron chi connectivity index (χ4n) is 2.78. The third-order valence-electron chi connectivity index (χ3n) is 3.32. The average molecular weight is 223 g/mol. The van der Waals surface area contributed by atoms with E-state index in [4.69, 9.17) is 0 Å². The summed E-state index contributed by atoms with van der Waals surface area (Å²) in [6, 6.07) is 8.94. The number of fused-ring (bicyclic) bond motifs is 5. The third-order valence-corrected chi connectivity index (χ3v) is 4.33. The van der Waals surface area contributed by atoms with E-state index in [0.29, 0.717) is 0 Å². The van der Waals surface area contributed by atoms with Gasteiger partial charge in [0.1, 0.15) is 0 Å². The van der Waals surface area contributed by atoms with E-state index in [1.54, 1.807) is 11.1 Å². The number of rotatable bonds is 0. The Hall–Kier alpha value is -0.300. The molecule has 2 aliphatic rings. The van der Waals surface area contributed by atoms with Crippen LogP contribution in [0.2, 0.25) is 0 Å². The van der Waals surface area contributed by atoms with Crippen LogP contribution in [0.15, 0.2) is 24.3 Å². The van der Waals surface area contributed by atoms with Crippen molar-refractivity contribution >= 4 is 15.9 Å². The van der Waals surface area contributed by atoms with Crippen molar-refractivity contribution in [1.82, 2.24) is 0 Å². The highest BCUT2D eigenvalue weighted by Gasteiger charge is 2.41. The topological polar surface area (TPSA) is 0 Å². The molecule has 0 saturated heterocycles. The predicted molar refractivity (Wildman–Crippen MR) is 53.9 cm³/mol. The Bertz CT molecular complexity index is 319. The molecule has 1 aromatic rings. The van der Waals surface area contributed by atoms with Crippen LogP contribution >= 0.6 is 15.9 Å². The summed E-state index contributed by atoms with van der Waals surface area (Å²) in [5.41, 5.74) is 3.23. The second-order valence-electron chi connectivity index (χ2n) is 3.92. The highest BCUT2D eigenvalue weighted by atomic mass is 79.9. The van der Waals surface area contributed by atoms with Gasteiger partial charge in [0.05, 0.1) is 0 Å². The number of alkyl halides is 1. The van der Waals surface area contributed by atoms with E-state index in [1.807, 2.05) is 0 Å². The van der Waals surface area contributed by atoms with Crippen molar-refractivity contribution in [2.24, 2.45) is 0 Å². The van der Waals surface area contributed by atoms with Crippen LogP contribution in [-0.4, -0.2) is 4.83 Å². The van der Waals surface area contributed by atoms with Crippen LogP contribution in [0, 0.1) is 0 Å². The maximum absolute atomic E-state index is 3.77. The van der Waals surface area contributed by atoms with Gasteiger partial charge in [0.2, 0.25) is 0 Å². The minimum Gasteiger partial charge on any atom is -0.0884 e. The largest absolute Gasteiger partial charge is 0.0884 e. The molecule has 0 radical (unpaired) electrons. The molecule has 0 heterocycles. The summed E-state index contributed by atoms with van der Waals surface area (Å²) in [6.07, 6.45) is 2.73. The number of benzene rings is 1.